The van der Waals surface area contributed by atoms with Gasteiger partial charge in [-0.05, 0) is 42.3 Å². The number of carbonyl (C=O) groups excluding carboxylic acids is 1. The fourth-order valence-electron chi connectivity index (χ4n) is 2.63. The lowest BCUT2D eigenvalue weighted by Crippen LogP contribution is -2.16. The van der Waals surface area contributed by atoms with E-state index in [1.807, 2.05) is 18.2 Å². The topological polar surface area (TPSA) is 65.7 Å². The van der Waals surface area contributed by atoms with Gasteiger partial charge in [0.15, 0.2) is 0 Å². The maximum Gasteiger partial charge on any atom is 0.340 e. The smallest absolute Gasteiger partial charge is 0.340 e. The largest absolute Gasteiger partial charge is 0.489 e. The van der Waals surface area contributed by atoms with E-state index in [9.17, 15) is 9.59 Å². The summed E-state index contributed by atoms with van der Waals surface area (Å²) in [4.78, 5) is 23.7. The van der Waals surface area contributed by atoms with Gasteiger partial charge in [-0.2, -0.15) is 0 Å². The van der Waals surface area contributed by atoms with Crippen LogP contribution in [0.5, 0.6) is 5.75 Å². The molecule has 0 atom stereocenters. The molecule has 0 aliphatic carbocycles. The normalized spacial score (nSPS) is 10.7. The van der Waals surface area contributed by atoms with Crippen LogP contribution in [0.25, 0.3) is 11.0 Å². The molecule has 5 nitrogen and oxygen atoms in total. The van der Waals surface area contributed by atoms with E-state index in [0.29, 0.717) is 34.1 Å². The minimum Gasteiger partial charge on any atom is -0.489 e. The quantitative estimate of drug-likeness (QED) is 0.499. The SMILES string of the molecule is COC(=O)Cc1c(C)c2ccc(OCc3ccc(Cl)cc3)cc2oc1=O. The number of benzene rings is 2. The monoisotopic (exact) mass is 372 g/mol. The Hall–Kier alpha value is -2.79. The van der Waals surface area contributed by atoms with Gasteiger partial charge in [-0.15, -0.1) is 0 Å². The van der Waals surface area contributed by atoms with E-state index in [4.69, 9.17) is 20.8 Å². The Bertz CT molecular complexity index is 1010. The van der Waals surface area contributed by atoms with Crippen LogP contribution in [-0.2, 0) is 22.6 Å². The molecule has 0 spiro atoms. The van der Waals surface area contributed by atoms with Gasteiger partial charge in [0.25, 0.3) is 0 Å². The predicted octanol–water partition coefficient (Wildman–Crippen LogP) is 4.05. The zero-order valence-electron chi connectivity index (χ0n) is 14.4. The number of methoxy groups -OCH3 is 1. The number of ether oxygens (including phenoxy) is 2. The Kier molecular flexibility index (Phi) is 5.28. The van der Waals surface area contributed by atoms with Crippen molar-refractivity contribution in [2.75, 3.05) is 7.11 Å². The standard InChI is InChI=1S/C20H17ClO5/c1-12-16-8-7-15(25-11-13-3-5-14(21)6-4-13)9-18(16)26-20(23)17(12)10-19(22)24-2/h3-9H,10-11H2,1-2H3. The van der Waals surface area contributed by atoms with E-state index in [-0.39, 0.29) is 6.42 Å². The first-order valence-electron chi connectivity index (χ1n) is 7.98. The molecule has 0 radical (unpaired) electrons. The fourth-order valence-corrected chi connectivity index (χ4v) is 2.76. The first kappa shape index (κ1) is 18.0. The lowest BCUT2D eigenvalue weighted by molar-refractivity contribution is -0.139. The van der Waals surface area contributed by atoms with E-state index >= 15 is 0 Å². The van der Waals surface area contributed by atoms with Crippen LogP contribution in [0.1, 0.15) is 16.7 Å². The highest BCUT2D eigenvalue weighted by atomic mass is 35.5. The molecule has 0 saturated carbocycles. The summed E-state index contributed by atoms with van der Waals surface area (Å²) in [5.74, 6) is 0.0957. The summed E-state index contributed by atoms with van der Waals surface area (Å²) in [6.45, 7) is 2.15. The summed E-state index contributed by atoms with van der Waals surface area (Å²) >= 11 is 5.87. The molecule has 1 heterocycles. The summed E-state index contributed by atoms with van der Waals surface area (Å²) in [7, 11) is 1.28. The van der Waals surface area contributed by atoms with Gasteiger partial charge in [-0.25, -0.2) is 4.79 Å². The van der Waals surface area contributed by atoms with Crippen LogP contribution in [0, 0.1) is 6.92 Å². The predicted molar refractivity (Wildman–Crippen MR) is 98.7 cm³/mol. The van der Waals surface area contributed by atoms with Crippen LogP contribution in [-0.4, -0.2) is 13.1 Å². The summed E-state index contributed by atoms with van der Waals surface area (Å²) in [6, 6.07) is 12.6. The van der Waals surface area contributed by atoms with Crippen molar-refractivity contribution >= 4 is 28.5 Å². The van der Waals surface area contributed by atoms with Crippen molar-refractivity contribution in [3.05, 3.63) is 74.6 Å². The molecular formula is C20H17ClO5. The molecule has 0 amide bonds. The Morgan fingerprint density at radius 2 is 1.88 bits per heavy atom. The molecule has 134 valence electrons. The number of aryl methyl sites for hydroxylation is 1. The van der Waals surface area contributed by atoms with Crippen molar-refractivity contribution in [2.45, 2.75) is 20.0 Å². The third kappa shape index (κ3) is 3.89. The molecule has 2 aromatic carbocycles. The Labute approximate surface area is 155 Å². The number of fused-ring (bicyclic) bond motifs is 1. The number of hydrogen-bond donors (Lipinski definition) is 0. The Balaban J connectivity index is 1.86. The molecule has 0 saturated heterocycles. The van der Waals surface area contributed by atoms with Gasteiger partial charge in [0, 0.05) is 16.5 Å². The van der Waals surface area contributed by atoms with Crippen LogP contribution in [0.15, 0.2) is 51.7 Å². The lowest BCUT2D eigenvalue weighted by atomic mass is 10.0. The van der Waals surface area contributed by atoms with E-state index in [1.165, 1.54) is 7.11 Å². The third-order valence-corrected chi connectivity index (χ3v) is 4.38. The highest BCUT2D eigenvalue weighted by Gasteiger charge is 2.15. The first-order valence-corrected chi connectivity index (χ1v) is 8.36. The van der Waals surface area contributed by atoms with Crippen LogP contribution < -0.4 is 10.4 Å². The van der Waals surface area contributed by atoms with Crippen molar-refractivity contribution in [3.8, 4) is 5.75 Å². The highest BCUT2D eigenvalue weighted by Crippen LogP contribution is 2.25. The van der Waals surface area contributed by atoms with Gasteiger partial charge in [-0.3, -0.25) is 4.79 Å². The van der Waals surface area contributed by atoms with E-state index in [2.05, 4.69) is 4.74 Å². The van der Waals surface area contributed by atoms with Gasteiger partial charge in [-0.1, -0.05) is 23.7 Å². The number of esters is 1. The molecule has 0 aliphatic heterocycles. The minimum absolute atomic E-state index is 0.116. The lowest BCUT2D eigenvalue weighted by Gasteiger charge is -2.10. The maximum atomic E-state index is 12.2. The average molecular weight is 373 g/mol. The molecule has 0 unspecified atom stereocenters. The molecule has 0 aliphatic rings. The second kappa shape index (κ2) is 7.62. The number of halogens is 1. The van der Waals surface area contributed by atoms with Crippen molar-refractivity contribution in [2.24, 2.45) is 0 Å². The van der Waals surface area contributed by atoms with Gasteiger partial charge >= 0.3 is 11.6 Å². The van der Waals surface area contributed by atoms with Crippen molar-refractivity contribution in [3.63, 3.8) is 0 Å². The van der Waals surface area contributed by atoms with E-state index in [0.717, 1.165) is 10.9 Å². The maximum absolute atomic E-state index is 12.2. The first-order chi connectivity index (χ1) is 12.5. The second-order valence-electron chi connectivity index (χ2n) is 5.82. The number of hydrogen-bond acceptors (Lipinski definition) is 5. The summed E-state index contributed by atoms with van der Waals surface area (Å²) < 4.78 is 15.7. The third-order valence-electron chi connectivity index (χ3n) is 4.13. The zero-order chi connectivity index (χ0) is 18.7. The van der Waals surface area contributed by atoms with Crippen molar-refractivity contribution in [1.29, 1.82) is 0 Å². The summed E-state index contributed by atoms with van der Waals surface area (Å²) in [5, 5.41) is 1.42. The summed E-state index contributed by atoms with van der Waals surface area (Å²) in [5.41, 5.74) is 1.84. The zero-order valence-corrected chi connectivity index (χ0v) is 15.1. The highest BCUT2D eigenvalue weighted by molar-refractivity contribution is 6.30. The minimum atomic E-state index is -0.546. The fraction of sp³-hybridized carbons (Fsp3) is 0.200. The van der Waals surface area contributed by atoms with Crippen LogP contribution >= 0.6 is 11.6 Å². The molecule has 6 heteroatoms. The Morgan fingerprint density at radius 3 is 2.58 bits per heavy atom. The van der Waals surface area contributed by atoms with E-state index < -0.39 is 11.6 Å². The molecule has 1 aromatic heterocycles. The molecule has 3 rings (SSSR count). The number of carbonyl (C=O) groups is 1. The van der Waals surface area contributed by atoms with Crippen molar-refractivity contribution in [1.82, 2.24) is 0 Å². The molecular weight excluding hydrogens is 356 g/mol. The summed E-state index contributed by atoms with van der Waals surface area (Å²) in [6.07, 6.45) is -0.116. The van der Waals surface area contributed by atoms with Crippen LogP contribution in [0.4, 0.5) is 0 Å². The van der Waals surface area contributed by atoms with Gasteiger partial charge in [0.1, 0.15) is 17.9 Å². The average Bonchev–Trinajstić information content (AvgIpc) is 2.64. The molecule has 0 bridgehead atoms. The molecule has 3 aromatic rings. The molecule has 0 N–H and O–H groups in total. The second-order valence-corrected chi connectivity index (χ2v) is 6.26. The number of rotatable bonds is 5. The van der Waals surface area contributed by atoms with Gasteiger partial charge in [0.2, 0.25) is 0 Å². The van der Waals surface area contributed by atoms with Crippen LogP contribution in [0.2, 0.25) is 5.02 Å². The molecule has 0 fully saturated rings. The van der Waals surface area contributed by atoms with E-state index in [1.54, 1.807) is 31.2 Å². The van der Waals surface area contributed by atoms with Gasteiger partial charge in [0.05, 0.1) is 19.1 Å². The molecule has 26 heavy (non-hydrogen) atoms. The van der Waals surface area contributed by atoms with Gasteiger partial charge < -0.3 is 13.9 Å². The van der Waals surface area contributed by atoms with Crippen molar-refractivity contribution < 1.29 is 18.7 Å². The van der Waals surface area contributed by atoms with Crippen LogP contribution in [0.3, 0.4) is 0 Å². The Morgan fingerprint density at radius 1 is 1.15 bits per heavy atom.